The van der Waals surface area contributed by atoms with E-state index in [9.17, 15) is 9.59 Å². The van der Waals surface area contributed by atoms with Gasteiger partial charge in [0.15, 0.2) is 4.77 Å². The minimum absolute atomic E-state index is 0.0325. The molecule has 0 unspecified atom stereocenters. The summed E-state index contributed by atoms with van der Waals surface area (Å²) in [5.74, 6) is 0.0325. The van der Waals surface area contributed by atoms with Crippen LogP contribution in [0.1, 0.15) is 25.7 Å². The molecule has 1 aromatic carbocycles. The van der Waals surface area contributed by atoms with Crippen molar-refractivity contribution in [3.8, 4) is 0 Å². The van der Waals surface area contributed by atoms with Crippen LogP contribution in [0.2, 0.25) is 0 Å². The molecule has 2 aromatic rings. The van der Waals surface area contributed by atoms with Crippen molar-refractivity contribution in [3.63, 3.8) is 0 Å². The summed E-state index contributed by atoms with van der Waals surface area (Å²) in [5.41, 5.74) is 0.700. The molecule has 6 heteroatoms. The van der Waals surface area contributed by atoms with Gasteiger partial charge in [-0.3, -0.25) is 14.2 Å². The fraction of sp³-hybridized carbons (Fsp3) is 0.353. The fourth-order valence-electron chi connectivity index (χ4n) is 2.41. The van der Waals surface area contributed by atoms with Crippen molar-refractivity contribution in [3.05, 3.63) is 52.0 Å². The Labute approximate surface area is 140 Å². The number of carbonyl (C=O) groups is 1. The lowest BCUT2D eigenvalue weighted by atomic mass is 10.2. The van der Waals surface area contributed by atoms with Gasteiger partial charge in [-0.2, -0.15) is 0 Å². The normalized spacial score (nSPS) is 10.6. The Hall–Kier alpha value is -2.21. The summed E-state index contributed by atoms with van der Waals surface area (Å²) in [4.78, 5) is 27.0. The van der Waals surface area contributed by atoms with Gasteiger partial charge in [0, 0.05) is 19.5 Å². The summed E-state index contributed by atoms with van der Waals surface area (Å²) in [5, 5.41) is 3.39. The smallest absolute Gasteiger partial charge is 0.262 e. The van der Waals surface area contributed by atoms with E-state index in [0.29, 0.717) is 29.7 Å². The molecule has 0 atom stereocenters. The lowest BCUT2D eigenvalue weighted by Gasteiger charge is -2.08. The Morgan fingerprint density at radius 3 is 2.87 bits per heavy atom. The molecule has 1 amide bonds. The zero-order valence-electron chi connectivity index (χ0n) is 13.0. The van der Waals surface area contributed by atoms with Crippen LogP contribution in [-0.2, 0) is 11.3 Å². The first-order valence-electron chi connectivity index (χ1n) is 7.73. The van der Waals surface area contributed by atoms with Crippen LogP contribution in [-0.4, -0.2) is 22.0 Å². The van der Waals surface area contributed by atoms with Crippen molar-refractivity contribution < 1.29 is 4.79 Å². The van der Waals surface area contributed by atoms with Gasteiger partial charge in [0.25, 0.3) is 5.56 Å². The van der Waals surface area contributed by atoms with Crippen LogP contribution in [0.15, 0.2) is 41.7 Å². The molecular weight excluding hydrogens is 310 g/mol. The van der Waals surface area contributed by atoms with Crippen molar-refractivity contribution in [2.75, 3.05) is 6.54 Å². The molecule has 0 spiro atoms. The number of unbranched alkanes of at least 4 members (excludes halogenated alkanes) is 2. The molecule has 23 heavy (non-hydrogen) atoms. The average molecular weight is 331 g/mol. The quantitative estimate of drug-likeness (QED) is 0.444. The summed E-state index contributed by atoms with van der Waals surface area (Å²) < 4.78 is 2.03. The Kier molecular flexibility index (Phi) is 6.29. The average Bonchev–Trinajstić information content (AvgIpc) is 2.55. The molecule has 0 saturated heterocycles. The molecule has 0 aliphatic heterocycles. The molecule has 0 aliphatic carbocycles. The van der Waals surface area contributed by atoms with E-state index in [0.717, 1.165) is 24.8 Å². The third-order valence-corrected chi connectivity index (χ3v) is 3.94. The third-order valence-electron chi connectivity index (χ3n) is 3.62. The van der Waals surface area contributed by atoms with E-state index < -0.39 is 0 Å². The summed E-state index contributed by atoms with van der Waals surface area (Å²) in [6.07, 6.45) is 4.63. The first-order valence-corrected chi connectivity index (χ1v) is 8.14. The van der Waals surface area contributed by atoms with E-state index in [2.05, 4.69) is 16.9 Å². The molecule has 5 nitrogen and oxygen atoms in total. The summed E-state index contributed by atoms with van der Waals surface area (Å²) in [6, 6.07) is 7.35. The van der Waals surface area contributed by atoms with Crippen LogP contribution in [0.5, 0.6) is 0 Å². The number of rotatable bonds is 8. The number of H-pyrrole nitrogens is 1. The van der Waals surface area contributed by atoms with Gasteiger partial charge >= 0.3 is 0 Å². The maximum absolute atomic E-state index is 12.4. The van der Waals surface area contributed by atoms with Crippen LogP contribution in [0.25, 0.3) is 10.9 Å². The largest absolute Gasteiger partial charge is 0.353 e. The maximum atomic E-state index is 12.4. The van der Waals surface area contributed by atoms with Crippen LogP contribution >= 0.6 is 12.2 Å². The molecule has 0 aliphatic rings. The minimum atomic E-state index is -0.0620. The van der Waals surface area contributed by atoms with Crippen LogP contribution in [0, 0.1) is 4.77 Å². The van der Waals surface area contributed by atoms with Gasteiger partial charge in [0.1, 0.15) is 0 Å². The molecule has 0 radical (unpaired) electrons. The van der Waals surface area contributed by atoms with E-state index in [4.69, 9.17) is 12.2 Å². The monoisotopic (exact) mass is 331 g/mol. The molecule has 0 bridgehead atoms. The summed E-state index contributed by atoms with van der Waals surface area (Å²) in [6.45, 7) is 4.62. The zero-order chi connectivity index (χ0) is 16.7. The van der Waals surface area contributed by atoms with E-state index in [1.165, 1.54) is 0 Å². The van der Waals surface area contributed by atoms with Gasteiger partial charge in [-0.1, -0.05) is 24.6 Å². The Bertz CT molecular complexity index is 807. The minimum Gasteiger partial charge on any atom is -0.353 e. The molecule has 1 aromatic heterocycles. The number of carbonyl (C=O) groups excluding carboxylic acids is 1. The molecule has 2 rings (SSSR count). The number of fused-ring (bicyclic) bond motifs is 1. The topological polar surface area (TPSA) is 66.9 Å². The third kappa shape index (κ3) is 4.63. The first-order chi connectivity index (χ1) is 11.1. The number of amides is 1. The fourth-order valence-corrected chi connectivity index (χ4v) is 2.69. The number of aromatic amines is 1. The Morgan fingerprint density at radius 2 is 2.09 bits per heavy atom. The number of hydrogen-bond donors (Lipinski definition) is 2. The SMILES string of the molecule is C=CCNC(=O)CCCCCn1c(=S)[nH]c2ccccc2c1=O. The Balaban J connectivity index is 1.90. The predicted molar refractivity (Wildman–Crippen MR) is 95.1 cm³/mol. The number of nitrogens with zero attached hydrogens (tertiary/aromatic N) is 1. The highest BCUT2D eigenvalue weighted by Gasteiger charge is 2.05. The van der Waals surface area contributed by atoms with Crippen molar-refractivity contribution in [2.45, 2.75) is 32.2 Å². The number of benzene rings is 1. The van der Waals surface area contributed by atoms with Gasteiger partial charge in [0.05, 0.1) is 10.9 Å². The van der Waals surface area contributed by atoms with Crippen molar-refractivity contribution in [1.29, 1.82) is 0 Å². The van der Waals surface area contributed by atoms with Crippen molar-refractivity contribution >= 4 is 29.0 Å². The molecular formula is C17H21N3O2S. The van der Waals surface area contributed by atoms with Gasteiger partial charge in [0.2, 0.25) is 5.91 Å². The molecule has 0 saturated carbocycles. The number of nitrogens with one attached hydrogen (secondary N) is 2. The van der Waals surface area contributed by atoms with Crippen molar-refractivity contribution in [2.24, 2.45) is 0 Å². The molecule has 0 fully saturated rings. The van der Waals surface area contributed by atoms with E-state index in [1.54, 1.807) is 16.7 Å². The van der Waals surface area contributed by atoms with Gasteiger partial charge in [-0.25, -0.2) is 0 Å². The first kappa shape index (κ1) is 17.1. The zero-order valence-corrected chi connectivity index (χ0v) is 13.8. The summed E-state index contributed by atoms with van der Waals surface area (Å²) in [7, 11) is 0. The molecule has 2 N–H and O–H groups in total. The number of para-hydroxylation sites is 1. The lowest BCUT2D eigenvalue weighted by Crippen LogP contribution is -2.23. The second kappa shape index (κ2) is 8.43. The highest BCUT2D eigenvalue weighted by Crippen LogP contribution is 2.07. The maximum Gasteiger partial charge on any atom is 0.262 e. The lowest BCUT2D eigenvalue weighted by molar-refractivity contribution is -0.121. The van der Waals surface area contributed by atoms with Crippen molar-refractivity contribution in [1.82, 2.24) is 14.9 Å². The molecule has 1 heterocycles. The standard InChI is InChI=1S/C17H21N3O2S/c1-2-11-18-15(21)10-4-3-7-12-20-16(22)13-8-5-6-9-14(13)19-17(20)23/h2,5-6,8-9H,1,3-4,7,10-12H2,(H,18,21)(H,19,23). The van der Waals surface area contributed by atoms with E-state index >= 15 is 0 Å². The summed E-state index contributed by atoms with van der Waals surface area (Å²) >= 11 is 5.27. The highest BCUT2D eigenvalue weighted by atomic mass is 32.1. The Morgan fingerprint density at radius 1 is 1.30 bits per heavy atom. The number of hydrogen-bond acceptors (Lipinski definition) is 3. The van der Waals surface area contributed by atoms with Crippen LogP contribution < -0.4 is 10.9 Å². The molecule has 122 valence electrons. The second-order valence-electron chi connectivity index (χ2n) is 5.34. The van der Waals surface area contributed by atoms with Crippen LogP contribution in [0.4, 0.5) is 0 Å². The van der Waals surface area contributed by atoms with Gasteiger partial charge in [-0.05, 0) is 37.2 Å². The predicted octanol–water partition coefficient (Wildman–Crippen LogP) is 2.92. The van der Waals surface area contributed by atoms with E-state index in [1.807, 2.05) is 18.2 Å². The second-order valence-corrected chi connectivity index (χ2v) is 5.72. The number of aromatic nitrogens is 2. The van der Waals surface area contributed by atoms with E-state index in [-0.39, 0.29) is 11.5 Å². The van der Waals surface area contributed by atoms with Crippen LogP contribution in [0.3, 0.4) is 0 Å². The van der Waals surface area contributed by atoms with Gasteiger partial charge in [-0.15, -0.1) is 6.58 Å². The highest BCUT2D eigenvalue weighted by molar-refractivity contribution is 7.71. The van der Waals surface area contributed by atoms with Gasteiger partial charge < -0.3 is 10.3 Å².